The van der Waals surface area contributed by atoms with Gasteiger partial charge in [-0.2, -0.15) is 5.26 Å². The molecular weight excluding hydrogens is 332 g/mol. The second kappa shape index (κ2) is 5.70. The summed E-state index contributed by atoms with van der Waals surface area (Å²) in [5.74, 6) is 0.610. The van der Waals surface area contributed by atoms with Gasteiger partial charge in [-0.25, -0.2) is 4.98 Å². The van der Waals surface area contributed by atoms with Crippen LogP contribution in [0.1, 0.15) is 18.3 Å². The molecule has 2 aromatic rings. The standard InChI is InChI=1S/C15H13BrN4O/c16-12-3-1-11(2-4-12)13-7-18-15(19-13)14-5-10(6-17)8-20(14)9-21/h1-4,7,9-10,14H,5,8H2,(H,18,19). The molecular formula is C15H13BrN4O. The minimum atomic E-state index is -0.142. The zero-order valence-corrected chi connectivity index (χ0v) is 12.7. The SMILES string of the molecule is N#CC1CC(c2ncc(-c3ccc(Br)cc3)[nH]2)N(C=O)C1. The molecule has 0 saturated carbocycles. The Morgan fingerprint density at radius 2 is 2.19 bits per heavy atom. The Bertz CT molecular complexity index is 688. The predicted molar refractivity (Wildman–Crippen MR) is 81.0 cm³/mol. The van der Waals surface area contributed by atoms with Gasteiger partial charge in [0.1, 0.15) is 5.82 Å². The zero-order chi connectivity index (χ0) is 14.8. The normalized spacial score (nSPS) is 21.2. The number of halogens is 1. The fraction of sp³-hybridized carbons (Fsp3) is 0.267. The van der Waals surface area contributed by atoms with Gasteiger partial charge in [-0.1, -0.05) is 28.1 Å². The molecule has 1 aliphatic rings. The highest BCUT2D eigenvalue weighted by molar-refractivity contribution is 9.10. The van der Waals surface area contributed by atoms with Gasteiger partial charge in [0.25, 0.3) is 0 Å². The van der Waals surface area contributed by atoms with Crippen molar-refractivity contribution in [3.63, 3.8) is 0 Å². The highest BCUT2D eigenvalue weighted by Crippen LogP contribution is 2.33. The maximum Gasteiger partial charge on any atom is 0.210 e. The summed E-state index contributed by atoms with van der Waals surface area (Å²) in [7, 11) is 0. The monoisotopic (exact) mass is 344 g/mol. The lowest BCUT2D eigenvalue weighted by Gasteiger charge is -2.16. The maximum absolute atomic E-state index is 11.1. The average molecular weight is 345 g/mol. The molecule has 2 unspecified atom stereocenters. The summed E-state index contributed by atoms with van der Waals surface area (Å²) in [4.78, 5) is 20.4. The Balaban J connectivity index is 1.86. The Labute approximate surface area is 130 Å². The number of hydrogen-bond donors (Lipinski definition) is 1. The van der Waals surface area contributed by atoms with Crippen LogP contribution in [0.15, 0.2) is 34.9 Å². The summed E-state index contributed by atoms with van der Waals surface area (Å²) in [5.41, 5.74) is 1.94. The molecule has 1 amide bonds. The van der Waals surface area contributed by atoms with Gasteiger partial charge in [-0.05, 0) is 24.1 Å². The van der Waals surface area contributed by atoms with E-state index in [1.54, 1.807) is 11.1 Å². The van der Waals surface area contributed by atoms with E-state index in [-0.39, 0.29) is 12.0 Å². The number of hydrogen-bond acceptors (Lipinski definition) is 3. The quantitative estimate of drug-likeness (QED) is 0.870. The summed E-state index contributed by atoms with van der Waals surface area (Å²) in [6.45, 7) is 0.471. The molecule has 2 heterocycles. The van der Waals surface area contributed by atoms with Crippen LogP contribution in [0.3, 0.4) is 0 Å². The summed E-state index contributed by atoms with van der Waals surface area (Å²) >= 11 is 3.41. The Kier molecular flexibility index (Phi) is 3.76. The van der Waals surface area contributed by atoms with Crippen LogP contribution in [-0.2, 0) is 4.79 Å². The minimum absolute atomic E-state index is 0.124. The van der Waals surface area contributed by atoms with Crippen LogP contribution in [0.25, 0.3) is 11.3 Å². The minimum Gasteiger partial charge on any atom is -0.340 e. The molecule has 3 rings (SSSR count). The first kappa shape index (κ1) is 13.8. The summed E-state index contributed by atoms with van der Waals surface area (Å²) in [6, 6.07) is 10.0. The number of nitrogens with one attached hydrogen (secondary N) is 1. The maximum atomic E-state index is 11.1. The van der Waals surface area contributed by atoms with Gasteiger partial charge in [0.2, 0.25) is 6.41 Å². The number of likely N-dealkylation sites (tertiary alicyclic amines) is 1. The number of benzene rings is 1. The van der Waals surface area contributed by atoms with Crippen molar-refractivity contribution in [3.05, 3.63) is 40.8 Å². The van der Waals surface area contributed by atoms with Crippen LogP contribution in [0.5, 0.6) is 0 Å². The molecule has 1 N–H and O–H groups in total. The largest absolute Gasteiger partial charge is 0.340 e. The van der Waals surface area contributed by atoms with Gasteiger partial charge in [0.15, 0.2) is 0 Å². The van der Waals surface area contributed by atoms with Gasteiger partial charge < -0.3 is 9.88 Å². The molecule has 1 fully saturated rings. The topological polar surface area (TPSA) is 72.8 Å². The third-order valence-electron chi connectivity index (χ3n) is 3.72. The van der Waals surface area contributed by atoms with Crippen LogP contribution < -0.4 is 0 Å². The first-order valence-electron chi connectivity index (χ1n) is 6.62. The number of imidazole rings is 1. The van der Waals surface area contributed by atoms with Crippen molar-refractivity contribution < 1.29 is 4.79 Å². The van der Waals surface area contributed by atoms with E-state index >= 15 is 0 Å². The van der Waals surface area contributed by atoms with E-state index in [0.29, 0.717) is 13.0 Å². The first-order valence-corrected chi connectivity index (χ1v) is 7.42. The van der Waals surface area contributed by atoms with E-state index in [4.69, 9.17) is 5.26 Å². The van der Waals surface area contributed by atoms with Gasteiger partial charge in [0.05, 0.1) is 29.9 Å². The third kappa shape index (κ3) is 2.69. The number of carbonyl (C=O) groups excluding carboxylic acids is 1. The van der Waals surface area contributed by atoms with Crippen molar-refractivity contribution in [1.82, 2.24) is 14.9 Å². The lowest BCUT2D eigenvalue weighted by Crippen LogP contribution is -2.22. The molecule has 0 spiro atoms. The van der Waals surface area contributed by atoms with Crippen LogP contribution in [0, 0.1) is 17.2 Å². The van der Waals surface area contributed by atoms with Crippen molar-refractivity contribution in [2.24, 2.45) is 5.92 Å². The summed E-state index contributed by atoms with van der Waals surface area (Å²) in [6.07, 6.45) is 3.19. The zero-order valence-electron chi connectivity index (χ0n) is 11.2. The Morgan fingerprint density at radius 1 is 1.43 bits per heavy atom. The van der Waals surface area contributed by atoms with Crippen LogP contribution in [-0.4, -0.2) is 27.8 Å². The van der Waals surface area contributed by atoms with Crippen molar-refractivity contribution >= 4 is 22.3 Å². The van der Waals surface area contributed by atoms with Crippen molar-refractivity contribution in [3.8, 4) is 17.3 Å². The number of aromatic amines is 1. The van der Waals surface area contributed by atoms with E-state index in [1.165, 1.54) is 0 Å². The lowest BCUT2D eigenvalue weighted by molar-refractivity contribution is -0.119. The van der Waals surface area contributed by atoms with Gasteiger partial charge in [0, 0.05) is 11.0 Å². The second-order valence-electron chi connectivity index (χ2n) is 5.07. The van der Waals surface area contributed by atoms with E-state index in [2.05, 4.69) is 32.0 Å². The van der Waals surface area contributed by atoms with Crippen LogP contribution in [0.2, 0.25) is 0 Å². The molecule has 0 bridgehead atoms. The molecule has 1 saturated heterocycles. The molecule has 21 heavy (non-hydrogen) atoms. The lowest BCUT2D eigenvalue weighted by atomic mass is 10.1. The first-order chi connectivity index (χ1) is 10.2. The van der Waals surface area contributed by atoms with E-state index in [9.17, 15) is 4.79 Å². The van der Waals surface area contributed by atoms with Crippen molar-refractivity contribution in [2.75, 3.05) is 6.54 Å². The number of carbonyl (C=O) groups is 1. The molecule has 0 radical (unpaired) electrons. The Morgan fingerprint density at radius 3 is 2.86 bits per heavy atom. The number of amides is 1. The van der Waals surface area contributed by atoms with Crippen molar-refractivity contribution in [1.29, 1.82) is 5.26 Å². The number of aromatic nitrogens is 2. The molecule has 1 aromatic carbocycles. The summed E-state index contributed by atoms with van der Waals surface area (Å²) < 4.78 is 1.02. The van der Waals surface area contributed by atoms with Gasteiger partial charge in [-0.3, -0.25) is 4.79 Å². The molecule has 1 aliphatic heterocycles. The average Bonchev–Trinajstić information content (AvgIpc) is 3.14. The fourth-order valence-electron chi connectivity index (χ4n) is 2.62. The molecule has 6 heteroatoms. The van der Waals surface area contributed by atoms with Gasteiger partial charge in [-0.15, -0.1) is 0 Å². The van der Waals surface area contributed by atoms with Crippen molar-refractivity contribution in [2.45, 2.75) is 12.5 Å². The molecule has 0 aliphatic carbocycles. The molecule has 106 valence electrons. The number of nitriles is 1. The Hall–Kier alpha value is -2.13. The van der Waals surface area contributed by atoms with Crippen LogP contribution >= 0.6 is 15.9 Å². The highest BCUT2D eigenvalue weighted by atomic mass is 79.9. The number of H-pyrrole nitrogens is 1. The van der Waals surface area contributed by atoms with Crippen LogP contribution in [0.4, 0.5) is 0 Å². The van der Waals surface area contributed by atoms with E-state index in [0.717, 1.165) is 28.0 Å². The second-order valence-corrected chi connectivity index (χ2v) is 5.98. The number of nitrogens with zero attached hydrogens (tertiary/aromatic N) is 3. The van der Waals surface area contributed by atoms with Gasteiger partial charge >= 0.3 is 0 Å². The van der Waals surface area contributed by atoms with E-state index in [1.807, 2.05) is 24.3 Å². The highest BCUT2D eigenvalue weighted by Gasteiger charge is 2.34. The number of rotatable bonds is 3. The predicted octanol–water partition coefficient (Wildman–Crippen LogP) is 2.88. The fourth-order valence-corrected chi connectivity index (χ4v) is 2.89. The summed E-state index contributed by atoms with van der Waals surface area (Å²) in [5, 5.41) is 9.03. The third-order valence-corrected chi connectivity index (χ3v) is 4.25. The smallest absolute Gasteiger partial charge is 0.210 e. The molecule has 5 nitrogen and oxygen atoms in total. The molecule has 2 atom stereocenters. The molecule has 1 aromatic heterocycles. The van der Waals surface area contributed by atoms with E-state index < -0.39 is 0 Å².